The summed E-state index contributed by atoms with van der Waals surface area (Å²) in [6.07, 6.45) is 2.69. The van der Waals surface area contributed by atoms with Gasteiger partial charge < -0.3 is 9.53 Å². The van der Waals surface area contributed by atoms with E-state index in [1.165, 1.54) is 6.21 Å². The maximum Gasteiger partial charge on any atom is 0.136 e. The summed E-state index contributed by atoms with van der Waals surface area (Å²) in [4.78, 5) is 13.3. The SMILES string of the molecule is COCN=CCC=O. The molecule has 0 saturated carbocycles. The third kappa shape index (κ3) is 5.30. The second-order valence-corrected chi connectivity index (χ2v) is 1.19. The quantitative estimate of drug-likeness (QED) is 0.389. The zero-order chi connectivity index (χ0) is 6.24. The van der Waals surface area contributed by atoms with E-state index in [1.54, 1.807) is 7.11 Å². The summed E-state index contributed by atoms with van der Waals surface area (Å²) in [6, 6.07) is 0. The number of hydrogen-bond acceptors (Lipinski definition) is 3. The van der Waals surface area contributed by atoms with Gasteiger partial charge >= 0.3 is 0 Å². The smallest absolute Gasteiger partial charge is 0.136 e. The van der Waals surface area contributed by atoms with Crippen molar-refractivity contribution in [1.82, 2.24) is 0 Å². The largest absolute Gasteiger partial charge is 0.363 e. The molecule has 0 rings (SSSR count). The van der Waals surface area contributed by atoms with Crippen LogP contribution < -0.4 is 0 Å². The number of nitrogens with zero attached hydrogens (tertiary/aromatic N) is 1. The number of aldehydes is 1. The van der Waals surface area contributed by atoms with E-state index in [2.05, 4.69) is 9.73 Å². The third-order valence-corrected chi connectivity index (χ3v) is 0.534. The standard InChI is InChI=1S/C5H9NO2/c1-8-5-6-3-2-4-7/h3-4H,2,5H2,1H3. The fourth-order valence-corrected chi connectivity index (χ4v) is 0.245. The fourth-order valence-electron chi connectivity index (χ4n) is 0.245. The van der Waals surface area contributed by atoms with E-state index < -0.39 is 0 Å². The predicted octanol–water partition coefficient (Wildman–Crippen LogP) is 0.250. The van der Waals surface area contributed by atoms with Crippen molar-refractivity contribution < 1.29 is 9.53 Å². The van der Waals surface area contributed by atoms with Crippen LogP contribution in [0.25, 0.3) is 0 Å². The van der Waals surface area contributed by atoms with Crippen molar-refractivity contribution in [3.63, 3.8) is 0 Å². The normalized spacial score (nSPS) is 10.1. The summed E-state index contributed by atoms with van der Waals surface area (Å²) in [6.45, 7) is 0.341. The highest BCUT2D eigenvalue weighted by Gasteiger charge is 1.71. The molecule has 0 aliphatic heterocycles. The van der Waals surface area contributed by atoms with E-state index in [4.69, 9.17) is 0 Å². The molecule has 0 unspecified atom stereocenters. The first kappa shape index (κ1) is 7.30. The summed E-state index contributed by atoms with van der Waals surface area (Å²) in [5.74, 6) is 0. The van der Waals surface area contributed by atoms with Gasteiger partial charge in [0.1, 0.15) is 13.0 Å². The van der Waals surface area contributed by atoms with Crippen LogP contribution in [0.1, 0.15) is 6.42 Å². The lowest BCUT2D eigenvalue weighted by atomic mass is 10.5. The first-order valence-electron chi connectivity index (χ1n) is 2.32. The molecule has 0 saturated heterocycles. The highest BCUT2D eigenvalue weighted by Crippen LogP contribution is 1.68. The molecule has 0 fully saturated rings. The highest BCUT2D eigenvalue weighted by atomic mass is 16.5. The number of aliphatic imine (C=N–C) groups is 1. The maximum atomic E-state index is 9.64. The molecule has 0 atom stereocenters. The fraction of sp³-hybridized carbons (Fsp3) is 0.600. The molecule has 0 N–H and O–H groups in total. The molecule has 0 aliphatic carbocycles. The Labute approximate surface area is 48.4 Å². The van der Waals surface area contributed by atoms with Crippen LogP contribution in [0.15, 0.2) is 4.99 Å². The number of methoxy groups -OCH3 is 1. The summed E-state index contributed by atoms with van der Waals surface area (Å²) in [7, 11) is 1.55. The van der Waals surface area contributed by atoms with E-state index in [9.17, 15) is 4.79 Å². The molecule has 0 aliphatic rings. The van der Waals surface area contributed by atoms with Gasteiger partial charge in [-0.1, -0.05) is 0 Å². The van der Waals surface area contributed by atoms with E-state index in [0.29, 0.717) is 13.2 Å². The van der Waals surface area contributed by atoms with E-state index >= 15 is 0 Å². The van der Waals surface area contributed by atoms with Crippen molar-refractivity contribution in [3.05, 3.63) is 0 Å². The lowest BCUT2D eigenvalue weighted by Crippen LogP contribution is -1.83. The van der Waals surface area contributed by atoms with E-state index in [1.807, 2.05) is 0 Å². The van der Waals surface area contributed by atoms with Crippen LogP contribution in [0.3, 0.4) is 0 Å². The van der Waals surface area contributed by atoms with Crippen LogP contribution in [0, 0.1) is 0 Å². The molecule has 0 heterocycles. The van der Waals surface area contributed by atoms with E-state index in [-0.39, 0.29) is 0 Å². The van der Waals surface area contributed by atoms with Crippen LogP contribution in [0.2, 0.25) is 0 Å². The Morgan fingerprint density at radius 2 is 2.50 bits per heavy atom. The van der Waals surface area contributed by atoms with Crippen molar-refractivity contribution in [1.29, 1.82) is 0 Å². The molecule has 8 heavy (non-hydrogen) atoms. The molecule has 0 amide bonds. The van der Waals surface area contributed by atoms with Gasteiger partial charge in [0.2, 0.25) is 0 Å². The van der Waals surface area contributed by atoms with Gasteiger partial charge in [0, 0.05) is 19.7 Å². The van der Waals surface area contributed by atoms with Crippen LogP contribution in [0.5, 0.6) is 0 Å². The average molecular weight is 115 g/mol. The van der Waals surface area contributed by atoms with Crippen molar-refractivity contribution in [2.75, 3.05) is 13.8 Å². The van der Waals surface area contributed by atoms with Gasteiger partial charge in [-0.3, -0.25) is 4.99 Å². The maximum absolute atomic E-state index is 9.64. The number of hydrogen-bond donors (Lipinski definition) is 0. The molecule has 0 bridgehead atoms. The van der Waals surface area contributed by atoms with Crippen LogP contribution >= 0.6 is 0 Å². The molecule has 46 valence electrons. The predicted molar refractivity (Wildman–Crippen MR) is 31.0 cm³/mol. The van der Waals surface area contributed by atoms with Gasteiger partial charge in [-0.2, -0.15) is 0 Å². The number of rotatable bonds is 4. The van der Waals surface area contributed by atoms with Gasteiger partial charge in [-0.25, -0.2) is 0 Å². The molecule has 0 spiro atoms. The number of carbonyl (C=O) groups is 1. The summed E-state index contributed by atoms with van der Waals surface area (Å²) >= 11 is 0. The first-order valence-corrected chi connectivity index (χ1v) is 2.32. The van der Waals surface area contributed by atoms with Crippen LogP contribution in [0.4, 0.5) is 0 Å². The minimum atomic E-state index is 0.341. The topological polar surface area (TPSA) is 38.7 Å². The minimum absolute atomic E-state index is 0.341. The Bertz CT molecular complexity index is 80.5. The summed E-state index contributed by atoms with van der Waals surface area (Å²) in [5, 5.41) is 0. The van der Waals surface area contributed by atoms with E-state index in [0.717, 1.165) is 6.29 Å². The molecule has 0 aromatic rings. The Hall–Kier alpha value is -0.700. The lowest BCUT2D eigenvalue weighted by Gasteiger charge is -1.84. The summed E-state index contributed by atoms with van der Waals surface area (Å²) < 4.78 is 4.57. The van der Waals surface area contributed by atoms with Gasteiger partial charge in [-0.05, 0) is 0 Å². The van der Waals surface area contributed by atoms with Gasteiger partial charge in [0.05, 0.1) is 0 Å². The van der Waals surface area contributed by atoms with Crippen molar-refractivity contribution in [2.24, 2.45) is 4.99 Å². The van der Waals surface area contributed by atoms with Gasteiger partial charge in [0.15, 0.2) is 0 Å². The Kier molecular flexibility index (Phi) is 5.75. The van der Waals surface area contributed by atoms with Crippen molar-refractivity contribution >= 4 is 12.5 Å². The lowest BCUT2D eigenvalue weighted by molar-refractivity contribution is -0.106. The Morgan fingerprint density at radius 3 is 3.00 bits per heavy atom. The molecule has 0 aromatic carbocycles. The van der Waals surface area contributed by atoms with Gasteiger partial charge in [0.25, 0.3) is 0 Å². The minimum Gasteiger partial charge on any atom is -0.363 e. The Balaban J connectivity index is 2.94. The number of ether oxygens (including phenoxy) is 1. The van der Waals surface area contributed by atoms with Gasteiger partial charge in [-0.15, -0.1) is 0 Å². The van der Waals surface area contributed by atoms with Crippen LogP contribution in [-0.4, -0.2) is 26.3 Å². The van der Waals surface area contributed by atoms with Crippen molar-refractivity contribution in [2.45, 2.75) is 6.42 Å². The molecular weight excluding hydrogens is 106 g/mol. The Morgan fingerprint density at radius 1 is 1.75 bits per heavy atom. The molecule has 0 aromatic heterocycles. The number of carbonyl (C=O) groups excluding carboxylic acids is 1. The summed E-state index contributed by atoms with van der Waals surface area (Å²) in [5.41, 5.74) is 0. The van der Waals surface area contributed by atoms with Crippen LogP contribution in [-0.2, 0) is 9.53 Å². The second-order valence-electron chi connectivity index (χ2n) is 1.19. The molecular formula is C5H9NO2. The zero-order valence-electron chi connectivity index (χ0n) is 4.83. The third-order valence-electron chi connectivity index (χ3n) is 0.534. The zero-order valence-corrected chi connectivity index (χ0v) is 4.83. The van der Waals surface area contributed by atoms with Crippen molar-refractivity contribution in [3.8, 4) is 0 Å². The average Bonchev–Trinajstić information content (AvgIpc) is 1.81. The molecule has 3 nitrogen and oxygen atoms in total. The second kappa shape index (κ2) is 6.30. The molecule has 0 radical (unpaired) electrons. The monoisotopic (exact) mass is 115 g/mol. The molecule has 3 heteroatoms. The highest BCUT2D eigenvalue weighted by molar-refractivity contribution is 5.75. The first-order chi connectivity index (χ1) is 3.91.